The van der Waals surface area contributed by atoms with Crippen molar-refractivity contribution < 1.29 is 19.1 Å². The van der Waals surface area contributed by atoms with Gasteiger partial charge < -0.3 is 10.1 Å². The Bertz CT molecular complexity index is 769. The molecular weight excluding hydrogens is 360 g/mol. The molecule has 1 unspecified atom stereocenters. The maximum absolute atomic E-state index is 12.3. The third-order valence-corrected chi connectivity index (χ3v) is 4.96. The van der Waals surface area contributed by atoms with Crippen molar-refractivity contribution in [1.82, 2.24) is 10.6 Å². The van der Waals surface area contributed by atoms with Gasteiger partial charge in [-0.1, -0.05) is 12.8 Å². The molecule has 8 heteroatoms. The Morgan fingerprint density at radius 3 is 2.46 bits per heavy atom. The van der Waals surface area contributed by atoms with Crippen LogP contribution in [0.1, 0.15) is 56.3 Å². The van der Waals surface area contributed by atoms with Crippen LogP contribution in [-0.2, 0) is 9.53 Å². The molecule has 1 aliphatic carbocycles. The summed E-state index contributed by atoms with van der Waals surface area (Å²) in [6.45, 7) is 4.23. The molecule has 1 saturated carbocycles. The van der Waals surface area contributed by atoms with Crippen molar-refractivity contribution in [3.63, 3.8) is 0 Å². The smallest absolute Gasteiger partial charge is 0.338 e. The van der Waals surface area contributed by atoms with Crippen LogP contribution in [0, 0.1) is 0 Å². The van der Waals surface area contributed by atoms with Gasteiger partial charge in [0, 0.05) is 24.7 Å². The third kappa shape index (κ3) is 5.09. The molecule has 1 aliphatic heterocycles. The molecule has 0 bridgehead atoms. The van der Waals surface area contributed by atoms with Crippen LogP contribution < -0.4 is 15.6 Å². The van der Waals surface area contributed by atoms with Gasteiger partial charge in [-0.15, -0.1) is 0 Å². The quantitative estimate of drug-likeness (QED) is 0.758. The van der Waals surface area contributed by atoms with E-state index in [1.54, 1.807) is 24.3 Å². The van der Waals surface area contributed by atoms with Gasteiger partial charge in [-0.2, -0.15) is 5.10 Å². The third-order valence-electron chi connectivity index (χ3n) is 4.96. The maximum Gasteiger partial charge on any atom is 0.338 e. The first-order valence-corrected chi connectivity index (χ1v) is 9.66. The van der Waals surface area contributed by atoms with Crippen molar-refractivity contribution in [1.29, 1.82) is 0 Å². The number of esters is 1. The Morgan fingerprint density at radius 2 is 1.86 bits per heavy atom. The summed E-state index contributed by atoms with van der Waals surface area (Å²) in [5, 5.41) is 11.3. The number of urea groups is 1. The minimum atomic E-state index is -1.08. The number of benzene rings is 1. The number of carbonyl (C=O) groups excluding carboxylic acids is 3. The number of carbonyl (C=O) groups is 3. The Morgan fingerprint density at radius 1 is 1.18 bits per heavy atom. The second-order valence-corrected chi connectivity index (χ2v) is 7.25. The molecule has 1 aromatic carbocycles. The van der Waals surface area contributed by atoms with Gasteiger partial charge in [0.05, 0.1) is 11.3 Å². The second kappa shape index (κ2) is 8.86. The van der Waals surface area contributed by atoms with Gasteiger partial charge in [0.2, 0.25) is 0 Å². The summed E-state index contributed by atoms with van der Waals surface area (Å²) in [7, 11) is 0. The molecule has 1 fully saturated rings. The van der Waals surface area contributed by atoms with Gasteiger partial charge in [-0.25, -0.2) is 9.59 Å². The minimum Gasteiger partial charge on any atom is -0.449 e. The van der Waals surface area contributed by atoms with Crippen LogP contribution in [0.3, 0.4) is 0 Å². The fourth-order valence-electron chi connectivity index (χ4n) is 3.32. The lowest BCUT2D eigenvalue weighted by molar-refractivity contribution is -0.127. The summed E-state index contributed by atoms with van der Waals surface area (Å²) in [5.74, 6) is -1.27. The van der Waals surface area contributed by atoms with Crippen LogP contribution in [0.15, 0.2) is 29.4 Å². The molecule has 1 atom stereocenters. The Balaban J connectivity index is 1.49. The summed E-state index contributed by atoms with van der Waals surface area (Å²) in [6, 6.07) is 6.41. The fourth-order valence-corrected chi connectivity index (χ4v) is 3.32. The summed E-state index contributed by atoms with van der Waals surface area (Å²) in [5.41, 5.74) is 2.29. The Labute approximate surface area is 164 Å². The standard InChI is InChI=1S/C20H26N4O4/c1-13-11-12-24(23-13)17-9-7-15(8-10-17)19(26)28-14(2)18(25)22-20(27)21-16-5-3-4-6-16/h7-10,14,16H,3-6,11-12H2,1-2H3,(H2,21,22,25,27). The first-order valence-electron chi connectivity index (χ1n) is 9.66. The molecule has 0 radical (unpaired) electrons. The normalized spacial score (nSPS) is 17.8. The molecule has 3 rings (SSSR count). The lowest BCUT2D eigenvalue weighted by Gasteiger charge is -2.16. The molecule has 0 aromatic heterocycles. The topological polar surface area (TPSA) is 100 Å². The number of nitrogens with zero attached hydrogens (tertiary/aromatic N) is 2. The SMILES string of the molecule is CC1=NN(c2ccc(C(=O)OC(C)C(=O)NC(=O)NC3CCCC3)cc2)CC1. The first kappa shape index (κ1) is 19.9. The van der Waals surface area contributed by atoms with E-state index in [-0.39, 0.29) is 6.04 Å². The van der Waals surface area contributed by atoms with Crippen molar-refractivity contribution >= 4 is 29.3 Å². The Kier molecular flexibility index (Phi) is 6.28. The van der Waals surface area contributed by atoms with Crippen molar-refractivity contribution in [3.05, 3.63) is 29.8 Å². The van der Waals surface area contributed by atoms with Crippen LogP contribution in [0.2, 0.25) is 0 Å². The molecule has 2 N–H and O–H groups in total. The number of hydrogen-bond donors (Lipinski definition) is 2. The highest BCUT2D eigenvalue weighted by Gasteiger charge is 2.23. The van der Waals surface area contributed by atoms with E-state index in [9.17, 15) is 14.4 Å². The monoisotopic (exact) mass is 386 g/mol. The van der Waals surface area contributed by atoms with Crippen molar-refractivity contribution in [2.75, 3.05) is 11.6 Å². The molecule has 0 saturated heterocycles. The van der Waals surface area contributed by atoms with Gasteiger partial charge in [0.1, 0.15) is 0 Å². The van der Waals surface area contributed by atoms with Crippen molar-refractivity contribution in [3.8, 4) is 0 Å². The van der Waals surface area contributed by atoms with Crippen LogP contribution in [0.4, 0.5) is 10.5 Å². The number of hydrazone groups is 1. The first-order chi connectivity index (χ1) is 13.4. The molecule has 2 aliphatic rings. The fraction of sp³-hybridized carbons (Fsp3) is 0.500. The molecule has 1 aromatic rings. The zero-order valence-corrected chi connectivity index (χ0v) is 16.2. The molecule has 150 valence electrons. The lowest BCUT2D eigenvalue weighted by atomic mass is 10.2. The van der Waals surface area contributed by atoms with Crippen LogP contribution in [0.25, 0.3) is 0 Å². The van der Waals surface area contributed by atoms with E-state index in [4.69, 9.17) is 4.74 Å². The molecule has 8 nitrogen and oxygen atoms in total. The highest BCUT2D eigenvalue weighted by Crippen LogP contribution is 2.20. The van der Waals surface area contributed by atoms with Gasteiger partial charge in [-0.05, 0) is 51.0 Å². The van der Waals surface area contributed by atoms with Gasteiger partial charge in [0.15, 0.2) is 6.10 Å². The molecule has 0 spiro atoms. The Hall–Kier alpha value is -2.90. The van der Waals surface area contributed by atoms with E-state index < -0.39 is 24.0 Å². The highest BCUT2D eigenvalue weighted by atomic mass is 16.5. The van der Waals surface area contributed by atoms with E-state index in [2.05, 4.69) is 15.7 Å². The number of imide groups is 1. The van der Waals surface area contributed by atoms with Crippen LogP contribution in [0.5, 0.6) is 0 Å². The van der Waals surface area contributed by atoms with Crippen molar-refractivity contribution in [2.45, 2.75) is 58.1 Å². The predicted octanol–water partition coefficient (Wildman–Crippen LogP) is 2.59. The molecule has 28 heavy (non-hydrogen) atoms. The predicted molar refractivity (Wildman–Crippen MR) is 105 cm³/mol. The number of amides is 3. The number of anilines is 1. The molecular formula is C20H26N4O4. The molecule has 1 heterocycles. The van der Waals surface area contributed by atoms with Gasteiger partial charge >= 0.3 is 12.0 Å². The van der Waals surface area contributed by atoms with Crippen LogP contribution >= 0.6 is 0 Å². The van der Waals surface area contributed by atoms with E-state index >= 15 is 0 Å². The zero-order chi connectivity index (χ0) is 20.1. The highest BCUT2D eigenvalue weighted by molar-refractivity contribution is 5.98. The lowest BCUT2D eigenvalue weighted by Crippen LogP contribution is -2.47. The van der Waals surface area contributed by atoms with Crippen LogP contribution in [-0.4, -0.2) is 42.3 Å². The average molecular weight is 386 g/mol. The number of hydrogen-bond acceptors (Lipinski definition) is 6. The van der Waals surface area contributed by atoms with E-state index in [0.29, 0.717) is 5.56 Å². The summed E-state index contributed by atoms with van der Waals surface area (Å²) < 4.78 is 5.18. The van der Waals surface area contributed by atoms with E-state index in [1.807, 2.05) is 11.9 Å². The summed E-state index contributed by atoms with van der Waals surface area (Å²) in [6.07, 6.45) is 3.84. The van der Waals surface area contributed by atoms with Crippen molar-refractivity contribution in [2.24, 2.45) is 5.10 Å². The molecule has 3 amide bonds. The van der Waals surface area contributed by atoms with E-state index in [1.165, 1.54) is 6.92 Å². The summed E-state index contributed by atoms with van der Waals surface area (Å²) >= 11 is 0. The summed E-state index contributed by atoms with van der Waals surface area (Å²) in [4.78, 5) is 36.2. The largest absolute Gasteiger partial charge is 0.449 e. The second-order valence-electron chi connectivity index (χ2n) is 7.25. The van der Waals surface area contributed by atoms with E-state index in [0.717, 1.165) is 50.0 Å². The minimum absolute atomic E-state index is 0.105. The average Bonchev–Trinajstić information content (AvgIpc) is 3.33. The zero-order valence-electron chi connectivity index (χ0n) is 16.2. The maximum atomic E-state index is 12.3. The number of nitrogens with one attached hydrogen (secondary N) is 2. The number of rotatable bonds is 5. The number of ether oxygens (including phenoxy) is 1. The van der Waals surface area contributed by atoms with Gasteiger partial charge in [-0.3, -0.25) is 15.1 Å². The van der Waals surface area contributed by atoms with Gasteiger partial charge in [0.25, 0.3) is 5.91 Å².